The molecule has 1 atom stereocenters. The lowest BCUT2D eigenvalue weighted by atomic mass is 10.1. The van der Waals surface area contributed by atoms with Crippen LogP contribution in [0.15, 0.2) is 22.6 Å². The van der Waals surface area contributed by atoms with Gasteiger partial charge < -0.3 is 9.73 Å². The number of amides is 1. The number of benzene rings is 1. The Kier molecular flexibility index (Phi) is 3.65. The van der Waals surface area contributed by atoms with Gasteiger partial charge in [-0.25, -0.2) is 4.98 Å². The second-order valence-corrected chi connectivity index (χ2v) is 4.59. The molecule has 1 heterocycles. The summed E-state index contributed by atoms with van der Waals surface area (Å²) in [5.74, 6) is 0.717. The minimum atomic E-state index is 0.0322. The summed E-state index contributed by atoms with van der Waals surface area (Å²) in [5, 5.41) is 2.91. The van der Waals surface area contributed by atoms with Gasteiger partial charge in [-0.15, -0.1) is 0 Å². The largest absolute Gasteiger partial charge is 0.441 e. The molecule has 1 aromatic carbocycles. The van der Waals surface area contributed by atoms with Crippen molar-refractivity contribution in [3.63, 3.8) is 0 Å². The molecule has 4 nitrogen and oxygen atoms in total. The molecule has 18 heavy (non-hydrogen) atoms. The van der Waals surface area contributed by atoms with Gasteiger partial charge in [0.2, 0.25) is 5.91 Å². The highest BCUT2D eigenvalue weighted by Gasteiger charge is 2.12. The van der Waals surface area contributed by atoms with Crippen LogP contribution >= 0.6 is 0 Å². The molecule has 0 saturated carbocycles. The minimum Gasteiger partial charge on any atom is -0.441 e. The van der Waals surface area contributed by atoms with Gasteiger partial charge in [0.05, 0.1) is 0 Å². The highest BCUT2D eigenvalue weighted by Crippen LogP contribution is 2.20. The maximum atomic E-state index is 11.9. The molecule has 4 heteroatoms. The summed E-state index contributed by atoms with van der Waals surface area (Å²) in [7, 11) is 0. The molecular weight excluding hydrogens is 228 g/mol. The predicted octanol–water partition coefficient (Wildman–Crippen LogP) is 3.51. The van der Waals surface area contributed by atoms with E-state index >= 15 is 0 Å². The summed E-state index contributed by atoms with van der Waals surface area (Å²) in [6, 6.07) is 5.50. The maximum Gasteiger partial charge on any atom is 0.227 e. The Morgan fingerprint density at radius 2 is 2.28 bits per heavy atom. The van der Waals surface area contributed by atoms with Gasteiger partial charge in [0.15, 0.2) is 11.5 Å². The summed E-state index contributed by atoms with van der Waals surface area (Å²) in [6.07, 6.45) is 1.91. The summed E-state index contributed by atoms with van der Waals surface area (Å²) in [5.41, 5.74) is 2.28. The molecule has 0 bridgehead atoms. The van der Waals surface area contributed by atoms with E-state index < -0.39 is 0 Å². The van der Waals surface area contributed by atoms with Gasteiger partial charge in [-0.2, -0.15) is 0 Å². The number of hydrogen-bond acceptors (Lipinski definition) is 3. The van der Waals surface area contributed by atoms with Crippen molar-refractivity contribution < 1.29 is 9.21 Å². The van der Waals surface area contributed by atoms with E-state index in [0.717, 1.165) is 29.6 Å². The number of carbonyl (C=O) groups is 1. The molecule has 0 aliphatic carbocycles. The van der Waals surface area contributed by atoms with Crippen LogP contribution in [0.3, 0.4) is 0 Å². The number of nitrogens with one attached hydrogen (secondary N) is 1. The quantitative estimate of drug-likeness (QED) is 0.898. The first-order chi connectivity index (χ1) is 8.60. The summed E-state index contributed by atoms with van der Waals surface area (Å²) >= 11 is 0. The summed E-state index contributed by atoms with van der Waals surface area (Å²) in [6.45, 7) is 5.83. The second kappa shape index (κ2) is 5.21. The molecule has 0 fully saturated rings. The van der Waals surface area contributed by atoms with Gasteiger partial charge in [0, 0.05) is 18.5 Å². The Balaban J connectivity index is 2.14. The van der Waals surface area contributed by atoms with Crippen LogP contribution < -0.4 is 5.32 Å². The van der Waals surface area contributed by atoms with E-state index in [1.165, 1.54) is 0 Å². The van der Waals surface area contributed by atoms with Crippen LogP contribution in [0.1, 0.15) is 32.6 Å². The van der Waals surface area contributed by atoms with E-state index in [0.29, 0.717) is 5.89 Å². The number of carbonyl (C=O) groups excluding carboxylic acids is 1. The number of nitrogens with zero attached hydrogens (tertiary/aromatic N) is 1. The highest BCUT2D eigenvalue weighted by molar-refractivity contribution is 5.94. The van der Waals surface area contributed by atoms with Gasteiger partial charge in [-0.05, 0) is 24.6 Å². The van der Waals surface area contributed by atoms with Crippen molar-refractivity contribution in [2.45, 2.75) is 33.6 Å². The summed E-state index contributed by atoms with van der Waals surface area (Å²) in [4.78, 5) is 16.1. The molecule has 0 saturated heterocycles. The van der Waals surface area contributed by atoms with Crippen molar-refractivity contribution in [3.05, 3.63) is 24.1 Å². The van der Waals surface area contributed by atoms with Crippen molar-refractivity contribution in [2.24, 2.45) is 5.92 Å². The lowest BCUT2D eigenvalue weighted by molar-refractivity contribution is -0.119. The van der Waals surface area contributed by atoms with E-state index in [4.69, 9.17) is 4.42 Å². The van der Waals surface area contributed by atoms with Crippen LogP contribution in [0.4, 0.5) is 5.69 Å². The molecule has 1 unspecified atom stereocenters. The van der Waals surface area contributed by atoms with Gasteiger partial charge in [-0.1, -0.05) is 20.3 Å². The molecule has 0 aliphatic rings. The number of anilines is 1. The molecule has 2 rings (SSSR count). The molecular formula is C14H18N2O2. The zero-order valence-electron chi connectivity index (χ0n) is 11.0. The third-order valence-electron chi connectivity index (χ3n) is 2.93. The van der Waals surface area contributed by atoms with Crippen molar-refractivity contribution in [3.8, 4) is 0 Å². The van der Waals surface area contributed by atoms with Crippen LogP contribution in [0.25, 0.3) is 11.1 Å². The molecule has 1 amide bonds. The summed E-state index contributed by atoms with van der Waals surface area (Å²) < 4.78 is 5.39. The van der Waals surface area contributed by atoms with Gasteiger partial charge in [0.25, 0.3) is 0 Å². The van der Waals surface area contributed by atoms with Crippen molar-refractivity contribution >= 4 is 22.7 Å². The minimum absolute atomic E-state index is 0.0322. The van der Waals surface area contributed by atoms with Crippen LogP contribution in [-0.4, -0.2) is 10.9 Å². The molecule has 2 aromatic rings. The first kappa shape index (κ1) is 12.6. The average Bonchev–Trinajstić information content (AvgIpc) is 2.68. The van der Waals surface area contributed by atoms with E-state index in [9.17, 15) is 4.79 Å². The maximum absolute atomic E-state index is 11.9. The molecule has 1 N–H and O–H groups in total. The number of fused-ring (bicyclic) bond motifs is 1. The lowest BCUT2D eigenvalue weighted by Crippen LogP contribution is -2.20. The number of rotatable bonds is 4. The van der Waals surface area contributed by atoms with Crippen molar-refractivity contribution in [1.82, 2.24) is 4.98 Å². The zero-order valence-corrected chi connectivity index (χ0v) is 11.0. The molecule has 0 radical (unpaired) electrons. The first-order valence-electron chi connectivity index (χ1n) is 6.28. The fraction of sp³-hybridized carbons (Fsp3) is 0.429. The second-order valence-electron chi connectivity index (χ2n) is 4.59. The Hall–Kier alpha value is -1.84. The Morgan fingerprint density at radius 3 is 3.00 bits per heavy atom. The molecule has 0 spiro atoms. The van der Waals surface area contributed by atoms with Crippen LogP contribution in [0.2, 0.25) is 0 Å². The SMILES string of the molecule is CCCC(C)C(=O)Nc1ccc2oc(C)nc2c1. The van der Waals surface area contributed by atoms with Crippen LogP contribution in [0, 0.1) is 12.8 Å². The number of oxazole rings is 1. The predicted molar refractivity (Wildman–Crippen MR) is 71.4 cm³/mol. The zero-order chi connectivity index (χ0) is 13.1. The lowest BCUT2D eigenvalue weighted by Gasteiger charge is -2.10. The smallest absolute Gasteiger partial charge is 0.227 e. The van der Waals surface area contributed by atoms with Crippen LogP contribution in [0.5, 0.6) is 0 Å². The normalized spacial score (nSPS) is 12.6. The van der Waals surface area contributed by atoms with E-state index in [-0.39, 0.29) is 11.8 Å². The Bertz CT molecular complexity index is 560. The topological polar surface area (TPSA) is 55.1 Å². The van der Waals surface area contributed by atoms with Crippen molar-refractivity contribution in [2.75, 3.05) is 5.32 Å². The Labute approximate surface area is 106 Å². The number of aryl methyl sites for hydroxylation is 1. The van der Waals surface area contributed by atoms with E-state index in [2.05, 4.69) is 17.2 Å². The van der Waals surface area contributed by atoms with Gasteiger partial charge >= 0.3 is 0 Å². The number of hydrogen-bond donors (Lipinski definition) is 1. The van der Waals surface area contributed by atoms with Crippen molar-refractivity contribution in [1.29, 1.82) is 0 Å². The fourth-order valence-corrected chi connectivity index (χ4v) is 1.95. The van der Waals surface area contributed by atoms with Gasteiger partial charge in [-0.3, -0.25) is 4.79 Å². The Morgan fingerprint density at radius 1 is 1.50 bits per heavy atom. The monoisotopic (exact) mass is 246 g/mol. The molecule has 1 aromatic heterocycles. The average molecular weight is 246 g/mol. The van der Waals surface area contributed by atoms with E-state index in [1.54, 1.807) is 0 Å². The highest BCUT2D eigenvalue weighted by atomic mass is 16.3. The standard InChI is InChI=1S/C14H18N2O2/c1-4-5-9(2)14(17)16-11-6-7-13-12(8-11)15-10(3)18-13/h6-9H,4-5H2,1-3H3,(H,16,17). The van der Waals surface area contributed by atoms with E-state index in [1.807, 2.05) is 32.0 Å². The molecule has 96 valence electrons. The van der Waals surface area contributed by atoms with Gasteiger partial charge in [0.1, 0.15) is 5.52 Å². The third-order valence-corrected chi connectivity index (χ3v) is 2.93. The first-order valence-corrected chi connectivity index (χ1v) is 6.28. The van der Waals surface area contributed by atoms with Crippen LogP contribution in [-0.2, 0) is 4.79 Å². The third kappa shape index (κ3) is 2.70. The molecule has 0 aliphatic heterocycles. The number of aromatic nitrogens is 1. The fourth-order valence-electron chi connectivity index (χ4n) is 1.95.